The number of hydrogen-bond donors (Lipinski definition) is 1. The second-order valence-electron chi connectivity index (χ2n) is 9.30. The van der Waals surface area contributed by atoms with Crippen LogP contribution in [0.4, 0.5) is 0 Å². The molecule has 2 rings (SSSR count). The molecule has 1 aromatic rings. The Hall–Kier alpha value is -2.41. The Bertz CT molecular complexity index is 780. The lowest BCUT2D eigenvalue weighted by atomic mass is 9.61. The number of esters is 2. The monoisotopic (exact) mass is 434 g/mol. The number of methoxy groups -OCH3 is 1. The van der Waals surface area contributed by atoms with Gasteiger partial charge in [0.25, 0.3) is 0 Å². The van der Waals surface area contributed by atoms with Crippen LogP contribution >= 0.6 is 0 Å². The van der Waals surface area contributed by atoms with Gasteiger partial charge in [-0.15, -0.1) is 0 Å². The highest BCUT2D eigenvalue weighted by Crippen LogP contribution is 2.47. The van der Waals surface area contributed by atoms with Crippen LogP contribution in [0.3, 0.4) is 0 Å². The number of aliphatic hydroxyl groups is 1. The normalized spacial score (nSPS) is 26.1. The first-order chi connectivity index (χ1) is 14.5. The van der Waals surface area contributed by atoms with Crippen molar-refractivity contribution >= 4 is 17.7 Å². The number of benzene rings is 1. The average molecular weight is 435 g/mol. The topological polar surface area (TPSA) is 99.1 Å². The molecule has 4 atom stereocenters. The molecular weight excluding hydrogens is 400 g/mol. The van der Waals surface area contributed by atoms with Gasteiger partial charge in [0.1, 0.15) is 11.7 Å². The second-order valence-corrected chi connectivity index (χ2v) is 9.30. The van der Waals surface area contributed by atoms with Gasteiger partial charge < -0.3 is 19.3 Å². The van der Waals surface area contributed by atoms with E-state index in [1.54, 1.807) is 24.3 Å². The van der Waals surface area contributed by atoms with E-state index in [2.05, 4.69) is 0 Å². The molecule has 1 fully saturated rings. The molecule has 1 aliphatic rings. The highest BCUT2D eigenvalue weighted by Gasteiger charge is 2.57. The van der Waals surface area contributed by atoms with Crippen LogP contribution < -0.4 is 4.74 Å². The Morgan fingerprint density at radius 1 is 1.03 bits per heavy atom. The molecule has 0 unspecified atom stereocenters. The molecule has 1 aliphatic carbocycles. The first-order valence-corrected chi connectivity index (χ1v) is 10.7. The third kappa shape index (κ3) is 6.06. The summed E-state index contributed by atoms with van der Waals surface area (Å²) in [6.45, 7) is 9.39. The number of Topliss-reactive ketones (excluding diaryl/α,β-unsaturated/α-hetero) is 1. The van der Waals surface area contributed by atoms with Gasteiger partial charge in [-0.05, 0) is 36.5 Å². The molecular formula is C24H34O7. The molecule has 172 valence electrons. The number of carbonyl (C=O) groups excluding carboxylic acids is 3. The summed E-state index contributed by atoms with van der Waals surface area (Å²) in [6.07, 6.45) is -0.331. The number of carbonyl (C=O) groups is 3. The van der Waals surface area contributed by atoms with Crippen molar-refractivity contribution in [3.8, 4) is 5.75 Å². The molecule has 1 saturated carbocycles. The predicted molar refractivity (Wildman–Crippen MR) is 115 cm³/mol. The summed E-state index contributed by atoms with van der Waals surface area (Å²) in [6, 6.07) is 6.78. The molecule has 0 amide bonds. The van der Waals surface area contributed by atoms with E-state index in [0.717, 1.165) is 0 Å². The first kappa shape index (κ1) is 24.9. The average Bonchev–Trinajstić information content (AvgIpc) is 2.69. The molecule has 1 aromatic carbocycles. The zero-order valence-corrected chi connectivity index (χ0v) is 19.2. The van der Waals surface area contributed by atoms with Gasteiger partial charge in [-0.2, -0.15) is 0 Å². The molecule has 0 heterocycles. The Labute approximate surface area is 184 Å². The fourth-order valence-corrected chi connectivity index (χ4v) is 3.92. The molecule has 31 heavy (non-hydrogen) atoms. The molecule has 7 heteroatoms. The minimum Gasteiger partial charge on any atom is -0.497 e. The van der Waals surface area contributed by atoms with Crippen molar-refractivity contribution in [3.05, 3.63) is 29.8 Å². The van der Waals surface area contributed by atoms with Gasteiger partial charge >= 0.3 is 11.9 Å². The highest BCUT2D eigenvalue weighted by atomic mass is 16.5. The van der Waals surface area contributed by atoms with E-state index in [0.29, 0.717) is 11.3 Å². The van der Waals surface area contributed by atoms with E-state index in [1.165, 1.54) is 14.0 Å². The van der Waals surface area contributed by atoms with Crippen LogP contribution in [0.5, 0.6) is 5.75 Å². The fourth-order valence-electron chi connectivity index (χ4n) is 3.92. The number of ketones is 1. The summed E-state index contributed by atoms with van der Waals surface area (Å²) in [4.78, 5) is 39.1. The van der Waals surface area contributed by atoms with E-state index in [-0.39, 0.29) is 31.5 Å². The molecule has 0 bridgehead atoms. The van der Waals surface area contributed by atoms with Crippen LogP contribution in [0.25, 0.3) is 0 Å². The molecule has 0 spiro atoms. The lowest BCUT2D eigenvalue weighted by Gasteiger charge is -2.43. The molecule has 0 aliphatic heterocycles. The highest BCUT2D eigenvalue weighted by molar-refractivity contribution is 6.02. The van der Waals surface area contributed by atoms with E-state index in [9.17, 15) is 19.5 Å². The van der Waals surface area contributed by atoms with Crippen LogP contribution in [0.15, 0.2) is 24.3 Å². The Morgan fingerprint density at radius 2 is 1.55 bits per heavy atom. The minimum absolute atomic E-state index is 0.0944. The first-order valence-electron chi connectivity index (χ1n) is 10.7. The van der Waals surface area contributed by atoms with Crippen molar-refractivity contribution in [2.24, 2.45) is 23.7 Å². The zero-order chi connectivity index (χ0) is 23.3. The Morgan fingerprint density at radius 3 is 2.03 bits per heavy atom. The summed E-state index contributed by atoms with van der Waals surface area (Å²) >= 11 is 0. The Kier molecular flexibility index (Phi) is 8.23. The fraction of sp³-hybridized carbons (Fsp3) is 0.625. The van der Waals surface area contributed by atoms with Crippen LogP contribution in [0, 0.1) is 23.7 Å². The molecule has 0 aromatic heterocycles. The van der Waals surface area contributed by atoms with E-state index in [1.807, 2.05) is 27.7 Å². The van der Waals surface area contributed by atoms with E-state index >= 15 is 0 Å². The third-order valence-corrected chi connectivity index (χ3v) is 5.39. The Balaban J connectivity index is 2.52. The third-order valence-electron chi connectivity index (χ3n) is 5.39. The molecule has 0 saturated heterocycles. The van der Waals surface area contributed by atoms with Gasteiger partial charge in [-0.3, -0.25) is 14.4 Å². The van der Waals surface area contributed by atoms with Crippen molar-refractivity contribution in [1.29, 1.82) is 0 Å². The van der Waals surface area contributed by atoms with Gasteiger partial charge in [0.05, 0.1) is 31.8 Å². The number of ether oxygens (including phenoxy) is 3. The van der Waals surface area contributed by atoms with Crippen LogP contribution in [0.1, 0.15) is 52.5 Å². The smallest absolute Gasteiger partial charge is 0.317 e. The lowest BCUT2D eigenvalue weighted by molar-refractivity contribution is -0.173. The quantitative estimate of drug-likeness (QED) is 0.496. The van der Waals surface area contributed by atoms with Crippen LogP contribution in [-0.4, -0.2) is 48.8 Å². The van der Waals surface area contributed by atoms with Gasteiger partial charge in [0, 0.05) is 12.3 Å². The van der Waals surface area contributed by atoms with Crippen molar-refractivity contribution in [2.45, 2.75) is 52.6 Å². The summed E-state index contributed by atoms with van der Waals surface area (Å²) in [5.41, 5.74) is -1.10. The minimum atomic E-state index is -1.66. The van der Waals surface area contributed by atoms with Gasteiger partial charge in [0.2, 0.25) is 0 Å². The van der Waals surface area contributed by atoms with Crippen molar-refractivity contribution in [3.63, 3.8) is 0 Å². The van der Waals surface area contributed by atoms with Crippen molar-refractivity contribution in [1.82, 2.24) is 0 Å². The predicted octanol–water partition coefficient (Wildman–Crippen LogP) is 3.13. The summed E-state index contributed by atoms with van der Waals surface area (Å²) in [5, 5.41) is 11.1. The zero-order valence-electron chi connectivity index (χ0n) is 19.2. The van der Waals surface area contributed by atoms with Gasteiger partial charge in [-0.1, -0.05) is 39.8 Å². The van der Waals surface area contributed by atoms with Crippen LogP contribution in [0.2, 0.25) is 0 Å². The SMILES string of the molecule is COc1ccc([C@H]2[C@@H](C(=O)OCC(C)C)C(=O)C[C@](C)(O)[C@H]2C(=O)OCC(C)C)cc1. The van der Waals surface area contributed by atoms with Crippen molar-refractivity contribution in [2.75, 3.05) is 20.3 Å². The maximum absolute atomic E-state index is 13.1. The van der Waals surface area contributed by atoms with E-state index < -0.39 is 41.1 Å². The second kappa shape index (κ2) is 10.3. The van der Waals surface area contributed by atoms with Crippen LogP contribution in [-0.2, 0) is 23.9 Å². The molecule has 0 radical (unpaired) electrons. The number of rotatable bonds is 8. The largest absolute Gasteiger partial charge is 0.497 e. The number of hydrogen-bond acceptors (Lipinski definition) is 7. The summed E-state index contributed by atoms with van der Waals surface area (Å²) < 4.78 is 16.0. The van der Waals surface area contributed by atoms with Crippen molar-refractivity contribution < 1.29 is 33.7 Å². The van der Waals surface area contributed by atoms with Gasteiger partial charge in [-0.25, -0.2) is 0 Å². The molecule has 1 N–H and O–H groups in total. The van der Waals surface area contributed by atoms with E-state index in [4.69, 9.17) is 14.2 Å². The summed E-state index contributed by atoms with van der Waals surface area (Å²) in [5.74, 6) is -4.20. The lowest BCUT2D eigenvalue weighted by Crippen LogP contribution is -2.55. The summed E-state index contributed by atoms with van der Waals surface area (Å²) in [7, 11) is 1.53. The van der Waals surface area contributed by atoms with Gasteiger partial charge in [0.15, 0.2) is 5.78 Å². The molecule has 7 nitrogen and oxygen atoms in total. The maximum atomic E-state index is 13.1. The standard InChI is InChI=1S/C24H34O7/c1-14(2)12-30-22(26)20-18(25)11-24(5,28)21(23(27)31-13-15(3)4)19(20)16-7-9-17(29-6)10-8-16/h7-10,14-15,19-21,28H,11-13H2,1-6H3/t19-,20-,21+,24-/m0/s1. The maximum Gasteiger partial charge on any atom is 0.317 e.